The number of fused-ring (bicyclic) bond motifs is 2. The molecule has 6 rings (SSSR count). The van der Waals surface area contributed by atoms with E-state index >= 15 is 0 Å². The summed E-state index contributed by atoms with van der Waals surface area (Å²) in [6.07, 6.45) is 4.95. The van der Waals surface area contributed by atoms with Crippen LogP contribution in [0.5, 0.6) is 0 Å². The smallest absolute Gasteiger partial charge is 0.282 e. The summed E-state index contributed by atoms with van der Waals surface area (Å²) < 4.78 is 9.12. The lowest BCUT2D eigenvalue weighted by atomic mass is 10.2. The third-order valence-corrected chi connectivity index (χ3v) is 6.93. The Bertz CT molecular complexity index is 1720. The highest BCUT2D eigenvalue weighted by atomic mass is 32.1. The summed E-state index contributed by atoms with van der Waals surface area (Å²) in [5.74, 6) is 0.627. The molecule has 0 atom stereocenters. The van der Waals surface area contributed by atoms with Crippen LogP contribution in [0, 0.1) is 13.8 Å². The van der Waals surface area contributed by atoms with Crippen LogP contribution in [0.3, 0.4) is 0 Å². The molecule has 7 nitrogen and oxygen atoms in total. The Hall–Kier alpha value is -4.30. The Kier molecular flexibility index (Phi) is 4.74. The largest absolute Gasteiger partial charge is 0.454 e. The lowest BCUT2D eigenvalue weighted by molar-refractivity contribution is 0.627. The van der Waals surface area contributed by atoms with Gasteiger partial charge >= 0.3 is 0 Å². The van der Waals surface area contributed by atoms with Crippen LogP contribution < -0.4 is 5.56 Å². The van der Waals surface area contributed by atoms with Crippen molar-refractivity contribution in [2.24, 2.45) is 5.10 Å². The molecule has 0 aliphatic carbocycles. The molecule has 6 aromatic rings. The molecule has 34 heavy (non-hydrogen) atoms. The second-order valence-electron chi connectivity index (χ2n) is 7.96. The number of benzene rings is 2. The second kappa shape index (κ2) is 7.93. The summed E-state index contributed by atoms with van der Waals surface area (Å²) in [6, 6.07) is 19.6. The minimum absolute atomic E-state index is 0.191. The summed E-state index contributed by atoms with van der Waals surface area (Å²) in [5, 5.41) is 10.8. The molecule has 0 amide bonds. The molecule has 0 spiro atoms. The average Bonchev–Trinajstić information content (AvgIpc) is 3.55. The fourth-order valence-corrected chi connectivity index (χ4v) is 4.90. The molecular formula is C26H19N5O2S. The van der Waals surface area contributed by atoms with Gasteiger partial charge in [-0.3, -0.25) is 4.79 Å². The van der Waals surface area contributed by atoms with Gasteiger partial charge in [0.25, 0.3) is 5.56 Å². The predicted octanol–water partition coefficient (Wildman–Crippen LogP) is 5.56. The molecule has 8 heteroatoms. The van der Waals surface area contributed by atoms with Gasteiger partial charge in [0.15, 0.2) is 5.76 Å². The van der Waals surface area contributed by atoms with Crippen molar-refractivity contribution in [3.05, 3.63) is 99.5 Å². The lowest BCUT2D eigenvalue weighted by Crippen LogP contribution is -2.17. The van der Waals surface area contributed by atoms with E-state index in [1.807, 2.05) is 80.7 Å². The molecule has 0 aliphatic rings. The third-order valence-electron chi connectivity index (χ3n) is 5.82. The molecule has 0 saturated heterocycles. The van der Waals surface area contributed by atoms with Crippen molar-refractivity contribution in [3.8, 4) is 17.1 Å². The van der Waals surface area contributed by atoms with E-state index < -0.39 is 0 Å². The number of hydrogen-bond donors (Lipinski definition) is 0. The van der Waals surface area contributed by atoms with Crippen LogP contribution in [0.2, 0.25) is 0 Å². The summed E-state index contributed by atoms with van der Waals surface area (Å²) in [6.45, 7) is 3.93. The Morgan fingerprint density at radius 1 is 1.06 bits per heavy atom. The lowest BCUT2D eigenvalue weighted by Gasteiger charge is -1.98. The fourth-order valence-electron chi connectivity index (χ4n) is 3.92. The Balaban J connectivity index is 1.49. The Morgan fingerprint density at radius 3 is 2.68 bits per heavy atom. The van der Waals surface area contributed by atoms with Crippen molar-refractivity contribution in [2.45, 2.75) is 13.8 Å². The molecule has 0 radical (unpaired) electrons. The van der Waals surface area contributed by atoms with Gasteiger partial charge in [0.1, 0.15) is 22.4 Å². The van der Waals surface area contributed by atoms with Crippen LogP contribution in [-0.4, -0.2) is 25.7 Å². The van der Waals surface area contributed by atoms with Crippen molar-refractivity contribution in [2.75, 3.05) is 0 Å². The van der Waals surface area contributed by atoms with Crippen molar-refractivity contribution in [1.29, 1.82) is 0 Å². The maximum atomic E-state index is 13.1. The van der Waals surface area contributed by atoms with E-state index in [9.17, 15) is 4.79 Å². The minimum atomic E-state index is -0.191. The number of hydrogen-bond acceptors (Lipinski definition) is 6. The first-order valence-corrected chi connectivity index (χ1v) is 11.6. The zero-order valence-corrected chi connectivity index (χ0v) is 19.3. The molecular weight excluding hydrogens is 446 g/mol. The molecule has 166 valence electrons. The van der Waals surface area contributed by atoms with Gasteiger partial charge in [-0.25, -0.2) is 9.67 Å². The molecule has 4 heterocycles. The van der Waals surface area contributed by atoms with E-state index in [1.54, 1.807) is 10.9 Å². The van der Waals surface area contributed by atoms with Gasteiger partial charge in [0, 0.05) is 22.0 Å². The topological polar surface area (TPSA) is 78.2 Å². The van der Waals surface area contributed by atoms with Crippen LogP contribution in [-0.2, 0) is 0 Å². The maximum Gasteiger partial charge on any atom is 0.282 e. The van der Waals surface area contributed by atoms with Crippen LogP contribution in [0.1, 0.15) is 16.0 Å². The first-order chi connectivity index (χ1) is 16.6. The van der Waals surface area contributed by atoms with Crippen LogP contribution in [0.4, 0.5) is 0 Å². The zero-order valence-electron chi connectivity index (χ0n) is 18.5. The first-order valence-electron chi connectivity index (χ1n) is 10.7. The van der Waals surface area contributed by atoms with E-state index in [-0.39, 0.29) is 5.56 Å². The standard InChI is InChI=1S/C26H19N5O2S/c1-16-17(2)34-25-23(16)26(32)31(15-27-25)28-13-19-14-30(20-9-4-3-5-10-20)29-24(19)22-12-18-8-6-7-11-21(18)33-22/h3-15H,1-2H3/b28-13-. The highest BCUT2D eigenvalue weighted by Gasteiger charge is 2.16. The number of para-hydroxylation sites is 2. The van der Waals surface area contributed by atoms with E-state index in [2.05, 4.69) is 10.1 Å². The van der Waals surface area contributed by atoms with E-state index in [4.69, 9.17) is 9.52 Å². The summed E-state index contributed by atoms with van der Waals surface area (Å²) in [4.78, 5) is 19.3. The highest BCUT2D eigenvalue weighted by Crippen LogP contribution is 2.29. The summed E-state index contributed by atoms with van der Waals surface area (Å²) in [7, 11) is 0. The molecule has 2 aromatic carbocycles. The molecule has 0 bridgehead atoms. The van der Waals surface area contributed by atoms with Gasteiger partial charge in [0.05, 0.1) is 17.3 Å². The van der Waals surface area contributed by atoms with E-state index in [1.165, 1.54) is 22.3 Å². The number of aromatic nitrogens is 4. The summed E-state index contributed by atoms with van der Waals surface area (Å²) >= 11 is 1.52. The predicted molar refractivity (Wildman–Crippen MR) is 135 cm³/mol. The van der Waals surface area contributed by atoms with Crippen molar-refractivity contribution < 1.29 is 4.42 Å². The van der Waals surface area contributed by atoms with Gasteiger partial charge in [-0.15, -0.1) is 11.3 Å². The highest BCUT2D eigenvalue weighted by molar-refractivity contribution is 7.18. The van der Waals surface area contributed by atoms with Gasteiger partial charge in [-0.05, 0) is 43.7 Å². The normalized spacial score (nSPS) is 11.8. The van der Waals surface area contributed by atoms with Crippen LogP contribution in [0.15, 0.2) is 87.5 Å². The van der Waals surface area contributed by atoms with Crippen LogP contribution >= 0.6 is 11.3 Å². The minimum Gasteiger partial charge on any atom is -0.454 e. The van der Waals surface area contributed by atoms with Crippen molar-refractivity contribution in [1.82, 2.24) is 19.4 Å². The monoisotopic (exact) mass is 465 g/mol. The van der Waals surface area contributed by atoms with Crippen molar-refractivity contribution in [3.63, 3.8) is 0 Å². The summed E-state index contributed by atoms with van der Waals surface area (Å²) in [5.41, 5.74) is 3.79. The maximum absolute atomic E-state index is 13.1. The first kappa shape index (κ1) is 20.3. The molecule has 0 aliphatic heterocycles. The van der Waals surface area contributed by atoms with Gasteiger partial charge in [-0.2, -0.15) is 14.9 Å². The average molecular weight is 466 g/mol. The van der Waals surface area contributed by atoms with Crippen molar-refractivity contribution >= 4 is 38.7 Å². The van der Waals surface area contributed by atoms with Gasteiger partial charge in [-0.1, -0.05) is 36.4 Å². The Labute approximate surface area is 198 Å². The third kappa shape index (κ3) is 3.36. The fraction of sp³-hybridized carbons (Fsp3) is 0.0769. The number of rotatable bonds is 4. The van der Waals surface area contributed by atoms with Gasteiger partial charge < -0.3 is 4.42 Å². The molecule has 0 N–H and O–H groups in total. The number of furan rings is 1. The SMILES string of the molecule is Cc1sc2ncn(/N=C\c3cn(-c4ccccc4)nc3-c3cc4ccccc4o3)c(=O)c2c1C. The van der Waals surface area contributed by atoms with E-state index in [0.29, 0.717) is 22.4 Å². The quantitative estimate of drug-likeness (QED) is 0.320. The van der Waals surface area contributed by atoms with Crippen LogP contribution in [0.25, 0.3) is 38.3 Å². The second-order valence-corrected chi connectivity index (χ2v) is 9.17. The zero-order chi connectivity index (χ0) is 23.2. The number of thiophene rings is 1. The molecule has 0 saturated carbocycles. The number of aryl methyl sites for hydroxylation is 2. The molecule has 4 aromatic heterocycles. The Morgan fingerprint density at radius 2 is 1.85 bits per heavy atom. The molecule has 0 fully saturated rings. The number of nitrogens with zero attached hydrogens (tertiary/aromatic N) is 5. The molecule has 0 unspecified atom stereocenters. The van der Waals surface area contributed by atoms with Gasteiger partial charge in [0.2, 0.25) is 0 Å². The van der Waals surface area contributed by atoms with E-state index in [0.717, 1.165) is 31.9 Å².